The SMILES string of the molecule is c1ccc(C2CCCC3OC32)cc1. The predicted molar refractivity (Wildman–Crippen MR) is 51.7 cm³/mol. The first-order valence-electron chi connectivity index (χ1n) is 5.15. The van der Waals surface area contributed by atoms with Crippen molar-refractivity contribution in [2.75, 3.05) is 0 Å². The molecule has 1 aromatic carbocycles. The van der Waals surface area contributed by atoms with Gasteiger partial charge in [-0.25, -0.2) is 0 Å². The normalized spacial score (nSPS) is 36.8. The Labute approximate surface area is 78.7 Å². The number of hydrogen-bond donors (Lipinski definition) is 0. The van der Waals surface area contributed by atoms with Crippen molar-refractivity contribution in [3.05, 3.63) is 35.9 Å². The van der Waals surface area contributed by atoms with Crippen LogP contribution < -0.4 is 0 Å². The minimum atomic E-state index is 0.552. The summed E-state index contributed by atoms with van der Waals surface area (Å²) < 4.78 is 5.64. The lowest BCUT2D eigenvalue weighted by Crippen LogP contribution is -2.14. The Hall–Kier alpha value is -0.820. The van der Waals surface area contributed by atoms with Crippen molar-refractivity contribution < 1.29 is 4.74 Å². The largest absolute Gasteiger partial charge is 0.369 e. The minimum absolute atomic E-state index is 0.552. The molecule has 1 saturated heterocycles. The van der Waals surface area contributed by atoms with Gasteiger partial charge in [0.15, 0.2) is 0 Å². The fraction of sp³-hybridized carbons (Fsp3) is 0.500. The van der Waals surface area contributed by atoms with Gasteiger partial charge in [-0.2, -0.15) is 0 Å². The van der Waals surface area contributed by atoms with Gasteiger partial charge in [0.2, 0.25) is 0 Å². The highest BCUT2D eigenvalue weighted by molar-refractivity contribution is 5.24. The van der Waals surface area contributed by atoms with Gasteiger partial charge in [-0.15, -0.1) is 0 Å². The maximum atomic E-state index is 5.64. The molecular weight excluding hydrogens is 160 g/mol. The zero-order chi connectivity index (χ0) is 8.67. The van der Waals surface area contributed by atoms with E-state index in [4.69, 9.17) is 4.74 Å². The van der Waals surface area contributed by atoms with E-state index in [9.17, 15) is 0 Å². The van der Waals surface area contributed by atoms with Crippen LogP contribution in [-0.4, -0.2) is 12.2 Å². The molecule has 3 atom stereocenters. The molecule has 2 aliphatic rings. The van der Waals surface area contributed by atoms with Crippen LogP contribution in [0.3, 0.4) is 0 Å². The average Bonchev–Trinajstić information content (AvgIpc) is 2.97. The Morgan fingerprint density at radius 1 is 1.08 bits per heavy atom. The fourth-order valence-corrected chi connectivity index (χ4v) is 2.50. The number of benzene rings is 1. The van der Waals surface area contributed by atoms with Gasteiger partial charge in [0, 0.05) is 5.92 Å². The molecule has 13 heavy (non-hydrogen) atoms. The van der Waals surface area contributed by atoms with Crippen LogP contribution in [0, 0.1) is 0 Å². The number of epoxide rings is 1. The highest BCUT2D eigenvalue weighted by Gasteiger charge is 2.47. The average molecular weight is 174 g/mol. The molecule has 68 valence electrons. The van der Waals surface area contributed by atoms with E-state index in [2.05, 4.69) is 30.3 Å². The molecule has 1 heteroatoms. The van der Waals surface area contributed by atoms with Crippen molar-refractivity contribution in [3.63, 3.8) is 0 Å². The summed E-state index contributed by atoms with van der Waals surface area (Å²) in [5, 5.41) is 0. The minimum Gasteiger partial charge on any atom is -0.369 e. The molecule has 0 radical (unpaired) electrons. The topological polar surface area (TPSA) is 12.5 Å². The van der Waals surface area contributed by atoms with Crippen LogP contribution in [0.2, 0.25) is 0 Å². The lowest BCUT2D eigenvalue weighted by atomic mass is 9.84. The van der Waals surface area contributed by atoms with Gasteiger partial charge in [0.1, 0.15) is 0 Å². The monoisotopic (exact) mass is 174 g/mol. The van der Waals surface area contributed by atoms with Gasteiger partial charge in [0.25, 0.3) is 0 Å². The standard InChI is InChI=1S/C12H14O/c1-2-5-9(6-3-1)10-7-4-8-11-12(10)13-11/h1-3,5-6,10-12H,4,7-8H2. The first kappa shape index (κ1) is 7.57. The Kier molecular flexibility index (Phi) is 1.66. The van der Waals surface area contributed by atoms with Gasteiger partial charge < -0.3 is 4.74 Å². The summed E-state index contributed by atoms with van der Waals surface area (Å²) in [6, 6.07) is 10.8. The molecule has 1 saturated carbocycles. The first-order chi connectivity index (χ1) is 6.45. The molecule has 0 aromatic heterocycles. The summed E-state index contributed by atoms with van der Waals surface area (Å²) in [6.07, 6.45) is 5.08. The van der Waals surface area contributed by atoms with Crippen molar-refractivity contribution in [2.24, 2.45) is 0 Å². The first-order valence-corrected chi connectivity index (χ1v) is 5.15. The summed E-state index contributed by atoms with van der Waals surface area (Å²) in [5.41, 5.74) is 1.47. The Morgan fingerprint density at radius 2 is 1.92 bits per heavy atom. The molecule has 1 aromatic rings. The molecule has 0 bridgehead atoms. The van der Waals surface area contributed by atoms with E-state index in [1.54, 1.807) is 0 Å². The second kappa shape index (κ2) is 2.85. The van der Waals surface area contributed by atoms with Crippen LogP contribution in [0.25, 0.3) is 0 Å². The third-order valence-electron chi connectivity index (χ3n) is 3.25. The number of hydrogen-bond acceptors (Lipinski definition) is 1. The maximum absolute atomic E-state index is 5.64. The fourth-order valence-electron chi connectivity index (χ4n) is 2.50. The quantitative estimate of drug-likeness (QED) is 0.596. The van der Waals surface area contributed by atoms with E-state index in [-0.39, 0.29) is 0 Å². The van der Waals surface area contributed by atoms with E-state index in [1.165, 1.54) is 24.8 Å². The molecule has 0 spiro atoms. The molecule has 3 unspecified atom stereocenters. The third kappa shape index (κ3) is 1.28. The van der Waals surface area contributed by atoms with Crippen molar-refractivity contribution in [2.45, 2.75) is 37.4 Å². The van der Waals surface area contributed by atoms with E-state index < -0.39 is 0 Å². The van der Waals surface area contributed by atoms with Crippen molar-refractivity contribution in [3.8, 4) is 0 Å². The van der Waals surface area contributed by atoms with E-state index in [1.807, 2.05) is 0 Å². The lowest BCUT2D eigenvalue weighted by molar-refractivity contribution is 0.359. The van der Waals surface area contributed by atoms with Crippen LogP contribution >= 0.6 is 0 Å². The highest BCUT2D eigenvalue weighted by atomic mass is 16.6. The van der Waals surface area contributed by atoms with Crippen LogP contribution in [0.4, 0.5) is 0 Å². The van der Waals surface area contributed by atoms with E-state index in [0.717, 1.165) is 0 Å². The molecule has 1 heterocycles. The van der Waals surface area contributed by atoms with Crippen molar-refractivity contribution in [1.82, 2.24) is 0 Å². The number of rotatable bonds is 1. The Morgan fingerprint density at radius 3 is 2.77 bits per heavy atom. The Bertz CT molecular complexity index is 293. The summed E-state index contributed by atoms with van der Waals surface area (Å²) in [5.74, 6) is 0.681. The van der Waals surface area contributed by atoms with Gasteiger partial charge in [-0.05, 0) is 18.4 Å². The zero-order valence-corrected chi connectivity index (χ0v) is 7.65. The predicted octanol–water partition coefficient (Wildman–Crippen LogP) is 2.72. The van der Waals surface area contributed by atoms with Gasteiger partial charge >= 0.3 is 0 Å². The van der Waals surface area contributed by atoms with Gasteiger partial charge in [0.05, 0.1) is 12.2 Å². The van der Waals surface area contributed by atoms with Crippen LogP contribution in [-0.2, 0) is 4.74 Å². The molecule has 0 N–H and O–H groups in total. The second-order valence-corrected chi connectivity index (χ2v) is 4.09. The summed E-state index contributed by atoms with van der Waals surface area (Å²) in [7, 11) is 0. The number of ether oxygens (including phenoxy) is 1. The van der Waals surface area contributed by atoms with Crippen LogP contribution in [0.1, 0.15) is 30.7 Å². The van der Waals surface area contributed by atoms with Crippen LogP contribution in [0.15, 0.2) is 30.3 Å². The summed E-state index contributed by atoms with van der Waals surface area (Å²) in [4.78, 5) is 0. The number of fused-ring (bicyclic) bond motifs is 1. The third-order valence-corrected chi connectivity index (χ3v) is 3.25. The zero-order valence-electron chi connectivity index (χ0n) is 7.65. The summed E-state index contributed by atoms with van der Waals surface area (Å²) >= 11 is 0. The smallest absolute Gasteiger partial charge is 0.0910 e. The second-order valence-electron chi connectivity index (χ2n) is 4.09. The van der Waals surface area contributed by atoms with Crippen LogP contribution in [0.5, 0.6) is 0 Å². The van der Waals surface area contributed by atoms with Gasteiger partial charge in [-0.3, -0.25) is 0 Å². The molecule has 2 fully saturated rings. The van der Waals surface area contributed by atoms with E-state index >= 15 is 0 Å². The van der Waals surface area contributed by atoms with Crippen molar-refractivity contribution >= 4 is 0 Å². The van der Waals surface area contributed by atoms with Gasteiger partial charge in [-0.1, -0.05) is 36.8 Å². The molecule has 0 amide bonds. The highest BCUT2D eigenvalue weighted by Crippen LogP contribution is 2.45. The molecule has 1 nitrogen and oxygen atoms in total. The molecule has 1 aliphatic carbocycles. The Balaban J connectivity index is 1.85. The molecule has 1 aliphatic heterocycles. The van der Waals surface area contributed by atoms with Crippen molar-refractivity contribution in [1.29, 1.82) is 0 Å². The molecular formula is C12H14O. The maximum Gasteiger partial charge on any atom is 0.0910 e. The molecule has 3 rings (SSSR count). The summed E-state index contributed by atoms with van der Waals surface area (Å²) in [6.45, 7) is 0. The van der Waals surface area contributed by atoms with E-state index in [0.29, 0.717) is 18.1 Å². The lowest BCUT2D eigenvalue weighted by Gasteiger charge is -2.18.